The van der Waals surface area contributed by atoms with Crippen molar-refractivity contribution in [3.05, 3.63) is 24.0 Å². The normalized spacial score (nSPS) is 20.5. The van der Waals surface area contributed by atoms with E-state index in [0.29, 0.717) is 6.04 Å². The Morgan fingerprint density at radius 2 is 2.53 bits per heavy atom. The first-order chi connectivity index (χ1) is 7.33. The molecule has 0 bridgehead atoms. The minimum atomic E-state index is 0.0854. The standard InChI is InChI=1S/C11H16N2OS/c1-13(10-3-5-15-8-10)11-6-12-4-2-9(11)7-14/h2,4,6,10,14H,3,5,7-8H2,1H3. The Kier molecular flexibility index (Phi) is 3.49. The van der Waals surface area contributed by atoms with Crippen molar-refractivity contribution in [2.45, 2.75) is 19.1 Å². The van der Waals surface area contributed by atoms with Crippen molar-refractivity contribution < 1.29 is 5.11 Å². The van der Waals surface area contributed by atoms with E-state index in [9.17, 15) is 5.11 Å². The molecule has 0 amide bonds. The van der Waals surface area contributed by atoms with Crippen molar-refractivity contribution in [3.8, 4) is 0 Å². The zero-order chi connectivity index (χ0) is 10.7. The molecule has 1 aliphatic rings. The van der Waals surface area contributed by atoms with Gasteiger partial charge in [0.2, 0.25) is 0 Å². The van der Waals surface area contributed by atoms with Gasteiger partial charge in [-0.05, 0) is 18.2 Å². The molecule has 2 heterocycles. The maximum atomic E-state index is 9.25. The predicted octanol–water partition coefficient (Wildman–Crippen LogP) is 1.52. The van der Waals surface area contributed by atoms with Crippen molar-refractivity contribution in [2.75, 3.05) is 23.5 Å². The molecule has 1 saturated heterocycles. The Bertz CT molecular complexity index is 326. The van der Waals surface area contributed by atoms with Crippen LogP contribution in [0.25, 0.3) is 0 Å². The average molecular weight is 224 g/mol. The number of nitrogens with zero attached hydrogens (tertiary/aromatic N) is 2. The van der Waals surface area contributed by atoms with Gasteiger partial charge in [-0.25, -0.2) is 0 Å². The summed E-state index contributed by atoms with van der Waals surface area (Å²) < 4.78 is 0. The highest BCUT2D eigenvalue weighted by molar-refractivity contribution is 7.99. The van der Waals surface area contributed by atoms with Crippen LogP contribution in [0.3, 0.4) is 0 Å². The largest absolute Gasteiger partial charge is 0.392 e. The third-order valence-corrected chi connectivity index (χ3v) is 4.04. The van der Waals surface area contributed by atoms with E-state index in [-0.39, 0.29) is 6.61 Å². The monoisotopic (exact) mass is 224 g/mol. The molecule has 1 fully saturated rings. The lowest BCUT2D eigenvalue weighted by Gasteiger charge is -2.27. The molecule has 0 aromatic carbocycles. The molecule has 1 aliphatic heterocycles. The summed E-state index contributed by atoms with van der Waals surface area (Å²) in [5, 5.41) is 9.25. The Balaban J connectivity index is 2.19. The van der Waals surface area contributed by atoms with Gasteiger partial charge in [-0.2, -0.15) is 11.8 Å². The van der Waals surface area contributed by atoms with Crippen molar-refractivity contribution in [1.82, 2.24) is 4.98 Å². The summed E-state index contributed by atoms with van der Waals surface area (Å²) in [7, 11) is 2.09. The Morgan fingerprint density at radius 3 is 3.20 bits per heavy atom. The number of anilines is 1. The van der Waals surface area contributed by atoms with Crippen LogP contribution in [-0.4, -0.2) is 34.7 Å². The van der Waals surface area contributed by atoms with Gasteiger partial charge < -0.3 is 10.0 Å². The van der Waals surface area contributed by atoms with Gasteiger partial charge in [-0.1, -0.05) is 0 Å². The molecule has 0 aliphatic carbocycles. The molecule has 0 saturated carbocycles. The molecule has 1 atom stereocenters. The molecule has 1 aromatic heterocycles. The van der Waals surface area contributed by atoms with E-state index in [0.717, 1.165) is 11.3 Å². The summed E-state index contributed by atoms with van der Waals surface area (Å²) in [5.74, 6) is 2.42. The first-order valence-electron chi connectivity index (χ1n) is 5.17. The van der Waals surface area contributed by atoms with Crippen LogP contribution in [0, 0.1) is 0 Å². The maximum Gasteiger partial charge on any atom is 0.0703 e. The van der Waals surface area contributed by atoms with Crippen molar-refractivity contribution in [3.63, 3.8) is 0 Å². The number of thioether (sulfide) groups is 1. The predicted molar refractivity (Wildman–Crippen MR) is 64.3 cm³/mol. The molecule has 1 aromatic rings. The number of hydrogen-bond donors (Lipinski definition) is 1. The van der Waals surface area contributed by atoms with Crippen LogP contribution >= 0.6 is 11.8 Å². The van der Waals surface area contributed by atoms with Gasteiger partial charge in [0.05, 0.1) is 18.5 Å². The summed E-state index contributed by atoms with van der Waals surface area (Å²) in [6, 6.07) is 2.47. The second-order valence-electron chi connectivity index (χ2n) is 3.79. The fourth-order valence-electron chi connectivity index (χ4n) is 1.89. The van der Waals surface area contributed by atoms with Crippen LogP contribution in [0.15, 0.2) is 18.5 Å². The van der Waals surface area contributed by atoms with Gasteiger partial charge in [0.15, 0.2) is 0 Å². The first kappa shape index (κ1) is 10.8. The van der Waals surface area contributed by atoms with E-state index in [1.54, 1.807) is 6.20 Å². The number of hydrogen-bond acceptors (Lipinski definition) is 4. The summed E-state index contributed by atoms with van der Waals surface area (Å²) in [5.41, 5.74) is 2.02. The second kappa shape index (κ2) is 4.86. The molecular weight excluding hydrogens is 208 g/mol. The summed E-state index contributed by atoms with van der Waals surface area (Å²) in [6.07, 6.45) is 4.79. The van der Waals surface area contributed by atoms with E-state index >= 15 is 0 Å². The lowest BCUT2D eigenvalue weighted by atomic mass is 10.1. The van der Waals surface area contributed by atoms with Crippen LogP contribution in [0.5, 0.6) is 0 Å². The fraction of sp³-hybridized carbons (Fsp3) is 0.545. The molecular formula is C11H16N2OS. The van der Waals surface area contributed by atoms with Crippen LogP contribution in [-0.2, 0) is 6.61 Å². The highest BCUT2D eigenvalue weighted by Gasteiger charge is 2.21. The first-order valence-corrected chi connectivity index (χ1v) is 6.32. The highest BCUT2D eigenvalue weighted by atomic mass is 32.2. The molecule has 0 spiro atoms. The molecule has 1 unspecified atom stereocenters. The minimum Gasteiger partial charge on any atom is -0.392 e. The van der Waals surface area contributed by atoms with Gasteiger partial charge in [0.1, 0.15) is 0 Å². The Morgan fingerprint density at radius 1 is 1.67 bits per heavy atom. The Hall–Kier alpha value is -0.740. The Labute approximate surface area is 94.5 Å². The topological polar surface area (TPSA) is 36.4 Å². The smallest absolute Gasteiger partial charge is 0.0703 e. The van der Waals surface area contributed by atoms with Gasteiger partial charge in [-0.3, -0.25) is 4.98 Å². The van der Waals surface area contributed by atoms with E-state index in [1.165, 1.54) is 17.9 Å². The van der Waals surface area contributed by atoms with Crippen molar-refractivity contribution in [1.29, 1.82) is 0 Å². The average Bonchev–Trinajstić information content (AvgIpc) is 2.81. The minimum absolute atomic E-state index is 0.0854. The number of rotatable bonds is 3. The molecule has 2 rings (SSSR count). The maximum absolute atomic E-state index is 9.25. The summed E-state index contributed by atoms with van der Waals surface area (Å²) in [4.78, 5) is 6.37. The second-order valence-corrected chi connectivity index (χ2v) is 4.94. The molecule has 15 heavy (non-hydrogen) atoms. The third kappa shape index (κ3) is 2.26. The van der Waals surface area contributed by atoms with Gasteiger partial charge >= 0.3 is 0 Å². The SMILES string of the molecule is CN(c1cnccc1CO)C1CCSC1. The van der Waals surface area contributed by atoms with Gasteiger partial charge in [0.25, 0.3) is 0 Å². The summed E-state index contributed by atoms with van der Waals surface area (Å²) in [6.45, 7) is 0.0854. The van der Waals surface area contributed by atoms with Crippen LogP contribution in [0.4, 0.5) is 5.69 Å². The van der Waals surface area contributed by atoms with E-state index in [4.69, 9.17) is 0 Å². The van der Waals surface area contributed by atoms with Crippen molar-refractivity contribution >= 4 is 17.4 Å². The lowest BCUT2D eigenvalue weighted by Crippen LogP contribution is -2.32. The molecule has 3 nitrogen and oxygen atoms in total. The van der Waals surface area contributed by atoms with Crippen LogP contribution in [0.1, 0.15) is 12.0 Å². The zero-order valence-corrected chi connectivity index (χ0v) is 9.70. The highest BCUT2D eigenvalue weighted by Crippen LogP contribution is 2.27. The fourth-order valence-corrected chi connectivity index (χ4v) is 3.16. The number of aliphatic hydroxyl groups is 1. The number of aromatic nitrogens is 1. The number of pyridine rings is 1. The summed E-state index contributed by atoms with van der Waals surface area (Å²) >= 11 is 1.99. The lowest BCUT2D eigenvalue weighted by molar-refractivity contribution is 0.282. The van der Waals surface area contributed by atoms with E-state index in [1.807, 2.05) is 24.0 Å². The molecule has 82 valence electrons. The van der Waals surface area contributed by atoms with Gasteiger partial charge in [0, 0.05) is 30.6 Å². The quantitative estimate of drug-likeness (QED) is 0.844. The van der Waals surface area contributed by atoms with E-state index in [2.05, 4.69) is 16.9 Å². The van der Waals surface area contributed by atoms with Gasteiger partial charge in [-0.15, -0.1) is 0 Å². The molecule has 1 N–H and O–H groups in total. The van der Waals surface area contributed by atoms with E-state index < -0.39 is 0 Å². The number of aliphatic hydroxyl groups excluding tert-OH is 1. The molecule has 0 radical (unpaired) electrons. The third-order valence-electron chi connectivity index (χ3n) is 2.89. The molecule has 4 heteroatoms. The van der Waals surface area contributed by atoms with Crippen molar-refractivity contribution in [2.24, 2.45) is 0 Å². The zero-order valence-electron chi connectivity index (χ0n) is 8.89. The van der Waals surface area contributed by atoms with Crippen LogP contribution in [0.2, 0.25) is 0 Å². The van der Waals surface area contributed by atoms with Crippen LogP contribution < -0.4 is 4.90 Å².